The van der Waals surface area contributed by atoms with Crippen molar-refractivity contribution in [1.82, 2.24) is 20.1 Å². The summed E-state index contributed by atoms with van der Waals surface area (Å²) in [5.41, 5.74) is -1.70. The Balaban J connectivity index is 2.23. The highest BCUT2D eigenvalue weighted by Crippen LogP contribution is 2.10. The smallest absolute Gasteiger partial charge is 0.336 e. The van der Waals surface area contributed by atoms with Gasteiger partial charge in [-0.2, -0.15) is 16.9 Å². The summed E-state index contributed by atoms with van der Waals surface area (Å²) in [6.07, 6.45) is 0.900. The number of nitrogens with one attached hydrogen (secondary N) is 2. The quantitative estimate of drug-likeness (QED) is 0.674. The molecule has 8 heteroatoms. The molecule has 1 saturated heterocycles. The van der Waals surface area contributed by atoms with E-state index in [1.165, 1.54) is 0 Å². The highest BCUT2D eigenvalue weighted by atomic mass is 32.2. The lowest BCUT2D eigenvalue weighted by Gasteiger charge is -2.18. The second kappa shape index (κ2) is 5.17. The topological polar surface area (TPSA) is 98.9 Å². The molecule has 1 aromatic heterocycles. The average Bonchev–Trinajstić information content (AvgIpc) is 2.56. The first-order chi connectivity index (χ1) is 8.18. The van der Waals surface area contributed by atoms with Crippen LogP contribution in [-0.4, -0.2) is 50.6 Å². The summed E-state index contributed by atoms with van der Waals surface area (Å²) in [6, 6.07) is 0. The molecule has 1 aromatic rings. The molecule has 0 spiro atoms. The average molecular weight is 256 g/mol. The third-order valence-electron chi connectivity index (χ3n) is 2.42. The molecule has 0 bridgehead atoms. The van der Waals surface area contributed by atoms with Crippen molar-refractivity contribution in [1.29, 1.82) is 0 Å². The van der Waals surface area contributed by atoms with E-state index in [1.807, 2.05) is 4.98 Å². The number of nitrogens with zero attached hydrogens (tertiary/aromatic N) is 2. The van der Waals surface area contributed by atoms with Crippen molar-refractivity contribution >= 4 is 17.7 Å². The Morgan fingerprint density at radius 1 is 1.29 bits per heavy atom. The molecule has 0 saturated carbocycles. The number of aromatic nitrogens is 3. The van der Waals surface area contributed by atoms with E-state index >= 15 is 0 Å². The molecule has 1 aliphatic rings. The van der Waals surface area contributed by atoms with Gasteiger partial charge in [0.05, 0.1) is 0 Å². The van der Waals surface area contributed by atoms with Gasteiger partial charge in [0, 0.05) is 18.8 Å². The first-order valence-corrected chi connectivity index (χ1v) is 6.40. The van der Waals surface area contributed by atoms with Gasteiger partial charge in [-0.15, -0.1) is 0 Å². The maximum absolute atomic E-state index is 12.0. The van der Waals surface area contributed by atoms with Gasteiger partial charge in [-0.1, -0.05) is 0 Å². The van der Waals surface area contributed by atoms with Gasteiger partial charge in [-0.25, -0.2) is 9.89 Å². The molecule has 0 aromatic carbocycles. The van der Waals surface area contributed by atoms with Gasteiger partial charge in [0.25, 0.3) is 11.5 Å². The van der Waals surface area contributed by atoms with Crippen LogP contribution in [0.25, 0.3) is 0 Å². The second-order valence-electron chi connectivity index (χ2n) is 3.61. The molecule has 2 rings (SSSR count). The minimum absolute atomic E-state index is 0.253. The van der Waals surface area contributed by atoms with E-state index in [4.69, 9.17) is 0 Å². The summed E-state index contributed by atoms with van der Waals surface area (Å²) < 4.78 is 0. The lowest BCUT2D eigenvalue weighted by atomic mass is 10.3. The lowest BCUT2D eigenvalue weighted by molar-refractivity contribution is 0.0759. The fourth-order valence-corrected chi connectivity index (χ4v) is 2.48. The Hall–Kier alpha value is -1.57. The van der Waals surface area contributed by atoms with Gasteiger partial charge < -0.3 is 4.90 Å². The summed E-state index contributed by atoms with van der Waals surface area (Å²) in [4.78, 5) is 37.8. The van der Waals surface area contributed by atoms with Crippen molar-refractivity contribution in [3.63, 3.8) is 0 Å². The molecular formula is C9H12N4O3S. The van der Waals surface area contributed by atoms with Gasteiger partial charge in [0.15, 0.2) is 0 Å². The molecule has 1 fully saturated rings. The number of carbonyl (C=O) groups excluding carboxylic acids is 1. The summed E-state index contributed by atoms with van der Waals surface area (Å²) in [5, 5.41) is 5.57. The molecule has 0 radical (unpaired) electrons. The summed E-state index contributed by atoms with van der Waals surface area (Å²) >= 11 is 1.78. The Morgan fingerprint density at radius 2 is 2.12 bits per heavy atom. The molecule has 1 amide bonds. The second-order valence-corrected chi connectivity index (χ2v) is 4.84. The Morgan fingerprint density at radius 3 is 2.88 bits per heavy atom. The summed E-state index contributed by atoms with van der Waals surface area (Å²) in [5.74, 6) is 1.44. The molecule has 2 heterocycles. The molecule has 0 unspecified atom stereocenters. The number of carbonyl (C=O) groups is 1. The molecule has 17 heavy (non-hydrogen) atoms. The third-order valence-corrected chi connectivity index (χ3v) is 3.47. The number of aromatic amines is 2. The number of amides is 1. The molecule has 2 N–H and O–H groups in total. The molecule has 1 aliphatic heterocycles. The fraction of sp³-hybridized carbons (Fsp3) is 0.556. The molecule has 0 aliphatic carbocycles. The first kappa shape index (κ1) is 11.9. The third kappa shape index (κ3) is 2.76. The van der Waals surface area contributed by atoms with Crippen LogP contribution in [-0.2, 0) is 0 Å². The normalized spacial score (nSPS) is 16.6. The van der Waals surface area contributed by atoms with Crippen molar-refractivity contribution in [2.75, 3.05) is 24.6 Å². The monoisotopic (exact) mass is 256 g/mol. The minimum atomic E-state index is -0.740. The minimum Gasteiger partial charge on any atom is -0.336 e. The number of hydrogen-bond acceptors (Lipinski definition) is 5. The van der Waals surface area contributed by atoms with E-state index in [2.05, 4.69) is 10.2 Å². The van der Waals surface area contributed by atoms with E-state index in [0.29, 0.717) is 13.1 Å². The van der Waals surface area contributed by atoms with Crippen molar-refractivity contribution in [2.45, 2.75) is 6.42 Å². The maximum Gasteiger partial charge on any atom is 0.342 e. The highest BCUT2D eigenvalue weighted by Gasteiger charge is 2.21. The van der Waals surface area contributed by atoms with Crippen LogP contribution in [0.3, 0.4) is 0 Å². The largest absolute Gasteiger partial charge is 0.342 e. The molecule has 92 valence electrons. The predicted molar refractivity (Wildman–Crippen MR) is 63.3 cm³/mol. The van der Waals surface area contributed by atoms with Crippen molar-refractivity contribution < 1.29 is 4.79 Å². The van der Waals surface area contributed by atoms with Crippen LogP contribution in [0.2, 0.25) is 0 Å². The number of hydrogen-bond donors (Lipinski definition) is 2. The van der Waals surface area contributed by atoms with Crippen LogP contribution in [0.5, 0.6) is 0 Å². The number of rotatable bonds is 1. The first-order valence-electron chi connectivity index (χ1n) is 5.24. The van der Waals surface area contributed by atoms with Crippen molar-refractivity contribution in [3.05, 3.63) is 26.5 Å². The zero-order valence-corrected chi connectivity index (χ0v) is 9.88. The molecule has 0 atom stereocenters. The van der Waals surface area contributed by atoms with Crippen LogP contribution in [0.1, 0.15) is 16.9 Å². The van der Waals surface area contributed by atoms with Crippen molar-refractivity contribution in [3.8, 4) is 0 Å². The SMILES string of the molecule is O=C(c1n[nH]c(=O)[nH]c1=O)N1CCCSCC1. The molecule has 7 nitrogen and oxygen atoms in total. The highest BCUT2D eigenvalue weighted by molar-refractivity contribution is 7.99. The van der Waals surface area contributed by atoms with Gasteiger partial charge in [-0.05, 0) is 12.2 Å². The van der Waals surface area contributed by atoms with E-state index in [-0.39, 0.29) is 5.69 Å². The maximum atomic E-state index is 12.0. The standard InChI is InChI=1S/C9H12N4O3S/c14-7-6(11-12-9(16)10-7)8(15)13-2-1-4-17-5-3-13/h1-5H2,(H2,10,12,14,16). The van der Waals surface area contributed by atoms with E-state index < -0.39 is 17.2 Å². The zero-order chi connectivity index (χ0) is 12.3. The summed E-state index contributed by atoms with van der Waals surface area (Å²) in [6.45, 7) is 1.22. The number of thioether (sulfide) groups is 1. The summed E-state index contributed by atoms with van der Waals surface area (Å²) in [7, 11) is 0. The zero-order valence-electron chi connectivity index (χ0n) is 9.06. The van der Waals surface area contributed by atoms with Gasteiger partial charge in [0.1, 0.15) is 0 Å². The molecular weight excluding hydrogens is 244 g/mol. The van der Waals surface area contributed by atoms with Crippen LogP contribution in [0.15, 0.2) is 9.59 Å². The van der Waals surface area contributed by atoms with Crippen molar-refractivity contribution in [2.24, 2.45) is 0 Å². The van der Waals surface area contributed by atoms with E-state index in [9.17, 15) is 14.4 Å². The predicted octanol–water partition coefficient (Wildman–Crippen LogP) is -0.963. The number of H-pyrrole nitrogens is 2. The van der Waals surface area contributed by atoms with Crippen LogP contribution >= 0.6 is 11.8 Å². The van der Waals surface area contributed by atoms with Gasteiger partial charge in [-0.3, -0.25) is 14.6 Å². The van der Waals surface area contributed by atoms with E-state index in [0.717, 1.165) is 17.9 Å². The Bertz CT molecular complexity index is 515. The van der Waals surface area contributed by atoms with Crippen LogP contribution in [0, 0.1) is 0 Å². The van der Waals surface area contributed by atoms with E-state index in [1.54, 1.807) is 16.7 Å². The van der Waals surface area contributed by atoms with Gasteiger partial charge in [0.2, 0.25) is 5.69 Å². The van der Waals surface area contributed by atoms with Crippen LogP contribution in [0.4, 0.5) is 0 Å². The van der Waals surface area contributed by atoms with Crippen LogP contribution < -0.4 is 11.2 Å². The Labute approximate surface area is 101 Å². The lowest BCUT2D eigenvalue weighted by Crippen LogP contribution is -2.39. The van der Waals surface area contributed by atoms with Gasteiger partial charge >= 0.3 is 5.69 Å². The Kier molecular flexibility index (Phi) is 3.62. The fourth-order valence-electron chi connectivity index (χ4n) is 1.59.